The Hall–Kier alpha value is -0.831. The fourth-order valence-electron chi connectivity index (χ4n) is 2.53. The van der Waals surface area contributed by atoms with Gasteiger partial charge in [0, 0.05) is 0 Å². The van der Waals surface area contributed by atoms with Gasteiger partial charge in [-0.1, -0.05) is 0 Å². The van der Waals surface area contributed by atoms with Gasteiger partial charge in [-0.05, 0) is 0 Å². The molecule has 84 valence electrons. The van der Waals surface area contributed by atoms with E-state index in [1.807, 2.05) is 6.07 Å². The molecule has 2 aliphatic rings. The van der Waals surface area contributed by atoms with Crippen LogP contribution in [0.25, 0.3) is 0 Å². The second kappa shape index (κ2) is 3.88. The number of benzene rings is 1. The molecule has 2 fully saturated rings. The molecule has 1 spiro atoms. The first-order valence-corrected chi connectivity index (χ1v) is 6.60. The van der Waals surface area contributed by atoms with Gasteiger partial charge in [0.25, 0.3) is 0 Å². The Morgan fingerprint density at radius 3 is 2.50 bits per heavy atom. The third-order valence-corrected chi connectivity index (χ3v) is 3.94. The van der Waals surface area contributed by atoms with Gasteiger partial charge in [-0.3, -0.25) is 0 Å². The van der Waals surface area contributed by atoms with Crippen LogP contribution in [-0.2, 0) is 0 Å². The Morgan fingerprint density at radius 2 is 1.81 bits per heavy atom. The normalized spacial score (nSPS) is 22.8. The summed E-state index contributed by atoms with van der Waals surface area (Å²) in [6, 6.07) is 10.4. The van der Waals surface area contributed by atoms with Crippen molar-refractivity contribution in [2.45, 2.75) is 31.3 Å². The molecule has 0 aromatic heterocycles. The Morgan fingerprint density at radius 1 is 1.12 bits per heavy atom. The number of anilines is 1. The third-order valence-electron chi connectivity index (χ3n) is 3.35. The standard InChI is InChI=1S/C12H15N3Se/c16-11-13-12(8-4-5-9-12)14-15(11)10-6-2-1-3-7-10/h1-3,6-7,14H,4-5,8-9H2,(H,13,16). The van der Waals surface area contributed by atoms with E-state index in [9.17, 15) is 0 Å². The summed E-state index contributed by atoms with van der Waals surface area (Å²) in [5, 5.41) is 5.67. The van der Waals surface area contributed by atoms with Crippen molar-refractivity contribution in [3.63, 3.8) is 0 Å². The maximum atomic E-state index is 3.59. The van der Waals surface area contributed by atoms with Gasteiger partial charge in [-0.15, -0.1) is 0 Å². The predicted octanol–water partition coefficient (Wildman–Crippen LogP) is 1.13. The summed E-state index contributed by atoms with van der Waals surface area (Å²) in [4.78, 5) is 0. The molecule has 0 unspecified atom stereocenters. The average Bonchev–Trinajstić information content (AvgIpc) is 2.88. The monoisotopic (exact) mass is 281 g/mol. The van der Waals surface area contributed by atoms with Crippen molar-refractivity contribution in [2.24, 2.45) is 0 Å². The summed E-state index contributed by atoms with van der Waals surface area (Å²) in [5.41, 5.74) is 4.85. The van der Waals surface area contributed by atoms with E-state index in [2.05, 4.69) is 55.6 Å². The summed E-state index contributed by atoms with van der Waals surface area (Å²) in [6.07, 6.45) is 4.99. The van der Waals surface area contributed by atoms with Crippen LogP contribution in [0, 0.1) is 0 Å². The Labute approximate surface area is 104 Å². The number of hydrogen-bond acceptors (Lipinski definition) is 3. The summed E-state index contributed by atoms with van der Waals surface area (Å²) >= 11 is 3.11. The maximum absolute atomic E-state index is 3.59. The topological polar surface area (TPSA) is 27.3 Å². The molecule has 1 heterocycles. The average molecular weight is 280 g/mol. The molecule has 0 radical (unpaired) electrons. The van der Waals surface area contributed by atoms with Crippen molar-refractivity contribution < 1.29 is 0 Å². The van der Waals surface area contributed by atoms with E-state index in [4.69, 9.17) is 0 Å². The van der Waals surface area contributed by atoms with Gasteiger partial charge in [0.15, 0.2) is 0 Å². The van der Waals surface area contributed by atoms with Gasteiger partial charge in [0.1, 0.15) is 0 Å². The molecule has 16 heavy (non-hydrogen) atoms. The zero-order valence-electron chi connectivity index (χ0n) is 9.07. The van der Waals surface area contributed by atoms with Gasteiger partial charge in [0.2, 0.25) is 0 Å². The Kier molecular flexibility index (Phi) is 2.50. The van der Waals surface area contributed by atoms with E-state index in [0.717, 1.165) is 4.67 Å². The van der Waals surface area contributed by atoms with Gasteiger partial charge in [-0.2, -0.15) is 0 Å². The zero-order valence-corrected chi connectivity index (χ0v) is 10.8. The summed E-state index contributed by atoms with van der Waals surface area (Å²) in [5.74, 6) is 0. The Balaban J connectivity index is 1.86. The molecule has 1 saturated carbocycles. The number of hydrazine groups is 1. The summed E-state index contributed by atoms with van der Waals surface area (Å²) in [6.45, 7) is 0. The second-order valence-electron chi connectivity index (χ2n) is 4.50. The van der Waals surface area contributed by atoms with E-state index in [1.165, 1.54) is 31.4 Å². The van der Waals surface area contributed by atoms with Gasteiger partial charge in [-0.25, -0.2) is 0 Å². The van der Waals surface area contributed by atoms with Crippen LogP contribution in [0.4, 0.5) is 5.69 Å². The van der Waals surface area contributed by atoms with Crippen LogP contribution in [0.2, 0.25) is 0 Å². The van der Waals surface area contributed by atoms with Crippen molar-refractivity contribution >= 4 is 25.9 Å². The molecule has 1 aliphatic carbocycles. The minimum atomic E-state index is 0.0937. The number of nitrogens with one attached hydrogen (secondary N) is 2. The number of rotatable bonds is 1. The molecule has 0 bridgehead atoms. The molecule has 0 amide bonds. The molecular formula is C12H15N3Se. The van der Waals surface area contributed by atoms with E-state index >= 15 is 0 Å². The first-order chi connectivity index (χ1) is 7.79. The number of hydrogen-bond donors (Lipinski definition) is 2. The first-order valence-electron chi connectivity index (χ1n) is 5.74. The van der Waals surface area contributed by atoms with Gasteiger partial charge in [0.05, 0.1) is 0 Å². The minimum absolute atomic E-state index is 0.0937. The molecule has 2 N–H and O–H groups in total. The molecule has 1 aliphatic heterocycles. The van der Waals surface area contributed by atoms with Gasteiger partial charge >= 0.3 is 103 Å². The first kappa shape index (κ1) is 10.3. The van der Waals surface area contributed by atoms with E-state index in [1.54, 1.807) is 0 Å². The van der Waals surface area contributed by atoms with Crippen molar-refractivity contribution in [1.82, 2.24) is 10.7 Å². The van der Waals surface area contributed by atoms with E-state index in [-0.39, 0.29) is 5.66 Å². The fourth-order valence-corrected chi connectivity index (χ4v) is 3.25. The van der Waals surface area contributed by atoms with Crippen LogP contribution in [0.15, 0.2) is 30.3 Å². The van der Waals surface area contributed by atoms with Crippen LogP contribution >= 0.6 is 0 Å². The molecule has 4 heteroatoms. The zero-order chi connectivity index (χ0) is 11.0. The van der Waals surface area contributed by atoms with Crippen LogP contribution in [0.3, 0.4) is 0 Å². The fraction of sp³-hybridized carbons (Fsp3) is 0.417. The number of nitrogens with zero attached hydrogens (tertiary/aromatic N) is 1. The Bertz CT molecular complexity index is 398. The van der Waals surface area contributed by atoms with Crippen molar-refractivity contribution in [3.8, 4) is 0 Å². The van der Waals surface area contributed by atoms with Crippen LogP contribution in [0.5, 0.6) is 0 Å². The molecular weight excluding hydrogens is 265 g/mol. The van der Waals surface area contributed by atoms with Crippen molar-refractivity contribution in [3.05, 3.63) is 30.3 Å². The molecule has 1 aromatic rings. The molecule has 3 nitrogen and oxygen atoms in total. The summed E-state index contributed by atoms with van der Waals surface area (Å²) < 4.78 is 1.08. The van der Waals surface area contributed by atoms with Crippen LogP contribution in [-0.4, -0.2) is 25.9 Å². The quantitative estimate of drug-likeness (QED) is 0.755. The van der Waals surface area contributed by atoms with Gasteiger partial charge < -0.3 is 0 Å². The molecule has 1 saturated heterocycles. The third kappa shape index (κ3) is 1.67. The number of para-hydroxylation sites is 1. The van der Waals surface area contributed by atoms with Crippen molar-refractivity contribution in [1.29, 1.82) is 0 Å². The SMILES string of the molecule is [Se]=C1NC2(CCCC2)NN1c1ccccc1. The summed E-state index contributed by atoms with van der Waals surface area (Å²) in [7, 11) is 0. The van der Waals surface area contributed by atoms with Crippen molar-refractivity contribution in [2.75, 3.05) is 5.01 Å². The van der Waals surface area contributed by atoms with E-state index < -0.39 is 0 Å². The molecule has 0 atom stereocenters. The molecule has 3 rings (SSSR count). The van der Waals surface area contributed by atoms with Crippen LogP contribution in [0.1, 0.15) is 25.7 Å². The second-order valence-corrected chi connectivity index (χ2v) is 5.31. The van der Waals surface area contributed by atoms with Crippen LogP contribution < -0.4 is 15.8 Å². The predicted molar refractivity (Wildman–Crippen MR) is 67.2 cm³/mol. The molecule has 1 aromatic carbocycles. The van der Waals surface area contributed by atoms with E-state index in [0.29, 0.717) is 0 Å².